The van der Waals surface area contributed by atoms with Crippen LogP contribution in [0.3, 0.4) is 0 Å². The second kappa shape index (κ2) is 4.17. The molecule has 1 rings (SSSR count). The van der Waals surface area contributed by atoms with Gasteiger partial charge in [0.05, 0.1) is 0 Å². The van der Waals surface area contributed by atoms with Crippen LogP contribution in [0.1, 0.15) is 0 Å². The molecule has 0 N–H and O–H groups in total. The molecular weight excluding hydrogens is 243 g/mol. The molecule has 0 nitrogen and oxygen atoms in total. The van der Waals surface area contributed by atoms with Gasteiger partial charge in [0, 0.05) is 0 Å². The number of hydrogen-bond acceptors (Lipinski definition) is 1. The molecule has 0 aliphatic rings. The van der Waals surface area contributed by atoms with Crippen LogP contribution in [-0.2, 0) is 0 Å². The fourth-order valence-corrected chi connectivity index (χ4v) is 2.82. The van der Waals surface area contributed by atoms with E-state index >= 15 is 0 Å². The average Bonchev–Trinajstić information content (AvgIpc) is 1.91. The summed E-state index contributed by atoms with van der Waals surface area (Å²) in [4.78, 5) is 0. The van der Waals surface area contributed by atoms with Crippen LogP contribution in [0.2, 0.25) is 0 Å². The lowest BCUT2D eigenvalue weighted by molar-refractivity contribution is -0.606. The van der Waals surface area contributed by atoms with Gasteiger partial charge in [0.2, 0.25) is 0 Å². The molecule has 0 aliphatic carbocycles. The third-order valence-corrected chi connectivity index (χ3v) is 3.69. The number of thiol groups is 1. The van der Waals surface area contributed by atoms with Gasteiger partial charge in [0.1, 0.15) is 0 Å². The maximum absolute atomic E-state index is 4.18. The first-order valence-corrected chi connectivity index (χ1v) is 5.92. The first kappa shape index (κ1) is 7.41. The van der Waals surface area contributed by atoms with Crippen molar-refractivity contribution in [1.82, 2.24) is 0 Å². The van der Waals surface area contributed by atoms with Crippen molar-refractivity contribution < 1.29 is 21.2 Å². The molecule has 0 aromatic heterocycles. The summed E-state index contributed by atoms with van der Waals surface area (Å²) in [5.41, 5.74) is 0. The zero-order chi connectivity index (χ0) is 6.53. The summed E-state index contributed by atoms with van der Waals surface area (Å²) in [6.45, 7) is 0. The molecule has 0 atom stereocenters. The minimum Gasteiger partial charge on any atom is -0.128 e. The first-order valence-electron chi connectivity index (χ1n) is 2.68. The van der Waals surface area contributed by atoms with Gasteiger partial charge in [-0.3, -0.25) is 0 Å². The fourth-order valence-electron chi connectivity index (χ4n) is 0.573. The lowest BCUT2D eigenvalue weighted by Crippen LogP contribution is -3.62. The van der Waals surface area contributed by atoms with E-state index < -0.39 is 0 Å². The second-order valence-electron chi connectivity index (χ2n) is 1.55. The normalized spacial score (nSPS) is 9.44. The van der Waals surface area contributed by atoms with Crippen LogP contribution in [0.4, 0.5) is 0 Å². The molecule has 0 saturated carbocycles. The van der Waals surface area contributed by atoms with Crippen LogP contribution in [0.15, 0.2) is 30.3 Å². The minimum atomic E-state index is 0.194. The Balaban J connectivity index is 2.61. The van der Waals surface area contributed by atoms with Crippen LogP contribution in [0, 0.1) is 3.57 Å². The molecule has 0 unspecified atom stereocenters. The number of benzene rings is 1. The first-order chi connectivity index (χ1) is 4.43. The Morgan fingerprint density at radius 2 is 1.89 bits per heavy atom. The van der Waals surface area contributed by atoms with Crippen molar-refractivity contribution in [2.24, 2.45) is 0 Å². The highest BCUT2D eigenvalue weighted by molar-refractivity contribution is 7.79. The number of halogens is 1. The smallest absolute Gasteiger partial charge is 0.128 e. The maximum Gasteiger partial charge on any atom is 0.324 e. The monoisotopic (exact) mass is 251 g/mol. The molecule has 0 amide bonds. The molecule has 48 valence electrons. The fraction of sp³-hybridized carbons (Fsp3) is 0.143. The van der Waals surface area contributed by atoms with Crippen molar-refractivity contribution >= 4 is 12.6 Å². The Hall–Kier alpha value is 0.300. The largest absolute Gasteiger partial charge is 0.324 e. The van der Waals surface area contributed by atoms with Crippen molar-refractivity contribution in [2.75, 3.05) is 3.76 Å². The molecule has 1 aromatic carbocycles. The van der Waals surface area contributed by atoms with Gasteiger partial charge in [0.15, 0.2) is 7.33 Å². The highest BCUT2D eigenvalue weighted by Gasteiger charge is 2.04. The summed E-state index contributed by atoms with van der Waals surface area (Å²) in [5, 5.41) is 0. The van der Waals surface area contributed by atoms with Gasteiger partial charge < -0.3 is 0 Å². The highest BCUT2D eigenvalue weighted by Crippen LogP contribution is 1.81. The predicted molar refractivity (Wildman–Crippen MR) is 39.0 cm³/mol. The molecule has 0 aliphatic heterocycles. The van der Waals surface area contributed by atoms with Gasteiger partial charge in [-0.25, -0.2) is 0 Å². The quantitative estimate of drug-likeness (QED) is 0.382. The summed E-state index contributed by atoms with van der Waals surface area (Å²) >= 11 is 4.37. The number of rotatable bonds is 2. The Bertz CT molecular complexity index is 162. The highest BCUT2D eigenvalue weighted by atomic mass is 127. The molecule has 0 radical (unpaired) electrons. The summed E-state index contributed by atoms with van der Waals surface area (Å²) < 4.78 is 2.52. The summed E-state index contributed by atoms with van der Waals surface area (Å²) in [7, 11) is 0. The molecule has 0 bridgehead atoms. The minimum absolute atomic E-state index is 0.194. The van der Waals surface area contributed by atoms with E-state index in [9.17, 15) is 0 Å². The van der Waals surface area contributed by atoms with Crippen molar-refractivity contribution in [3.8, 4) is 0 Å². The standard InChI is InChI=1S/C7H7IS/c9-6-8-7-4-2-1-3-5-7/h1-5H,6H2/p+1. The van der Waals surface area contributed by atoms with Gasteiger partial charge in [0.25, 0.3) is 0 Å². The zero-order valence-corrected chi connectivity index (χ0v) is 7.97. The van der Waals surface area contributed by atoms with E-state index in [4.69, 9.17) is 0 Å². The topological polar surface area (TPSA) is 0 Å². The molecule has 2 heteroatoms. The van der Waals surface area contributed by atoms with Crippen LogP contribution in [0.25, 0.3) is 0 Å². The zero-order valence-electron chi connectivity index (χ0n) is 4.92. The van der Waals surface area contributed by atoms with Crippen LogP contribution in [-0.4, -0.2) is 3.76 Å². The van der Waals surface area contributed by atoms with Gasteiger partial charge in [-0.1, -0.05) is 18.2 Å². The Kier molecular flexibility index (Phi) is 3.43. The Morgan fingerprint density at radius 1 is 1.22 bits per heavy atom. The van der Waals surface area contributed by atoms with Crippen molar-refractivity contribution in [3.63, 3.8) is 0 Å². The summed E-state index contributed by atoms with van der Waals surface area (Å²) in [5.74, 6) is 0. The van der Waals surface area contributed by atoms with Crippen LogP contribution in [0.5, 0.6) is 0 Å². The lowest BCUT2D eigenvalue weighted by Gasteiger charge is -1.78. The molecular formula is C7H8IS+. The Morgan fingerprint density at radius 3 is 2.44 bits per heavy atom. The van der Waals surface area contributed by atoms with E-state index in [1.54, 1.807) is 0 Å². The number of alkyl halides is 1. The van der Waals surface area contributed by atoms with Gasteiger partial charge in [-0.15, -0.1) is 12.6 Å². The number of hydrogen-bond donors (Lipinski definition) is 1. The van der Waals surface area contributed by atoms with E-state index in [1.807, 2.05) is 6.07 Å². The summed E-state index contributed by atoms with van der Waals surface area (Å²) in [6.07, 6.45) is 0. The van der Waals surface area contributed by atoms with E-state index in [0.717, 1.165) is 3.76 Å². The molecule has 1 aromatic rings. The SMILES string of the molecule is SC[I+]c1ccccc1. The molecule has 9 heavy (non-hydrogen) atoms. The van der Waals surface area contributed by atoms with E-state index in [2.05, 4.69) is 36.9 Å². The molecule has 0 fully saturated rings. The molecule has 0 saturated heterocycles. The van der Waals surface area contributed by atoms with E-state index in [0.29, 0.717) is 0 Å². The third kappa shape index (κ3) is 2.58. The van der Waals surface area contributed by atoms with Crippen molar-refractivity contribution in [1.29, 1.82) is 0 Å². The molecule has 0 heterocycles. The maximum atomic E-state index is 4.18. The second-order valence-corrected chi connectivity index (χ2v) is 5.84. The van der Waals surface area contributed by atoms with Gasteiger partial charge >= 0.3 is 21.2 Å². The lowest BCUT2D eigenvalue weighted by atomic mass is 10.4. The molecule has 0 spiro atoms. The van der Waals surface area contributed by atoms with Gasteiger partial charge in [-0.2, -0.15) is 0 Å². The van der Waals surface area contributed by atoms with Crippen LogP contribution < -0.4 is 21.2 Å². The van der Waals surface area contributed by atoms with E-state index in [-0.39, 0.29) is 21.2 Å². The van der Waals surface area contributed by atoms with Crippen molar-refractivity contribution in [2.45, 2.75) is 0 Å². The predicted octanol–water partition coefficient (Wildman–Crippen LogP) is -1.17. The summed E-state index contributed by atoms with van der Waals surface area (Å²) in [6, 6.07) is 10.6. The average molecular weight is 251 g/mol. The third-order valence-electron chi connectivity index (χ3n) is 0.947. The van der Waals surface area contributed by atoms with Gasteiger partial charge in [-0.05, 0) is 12.1 Å². The van der Waals surface area contributed by atoms with Crippen molar-refractivity contribution in [3.05, 3.63) is 33.9 Å². The van der Waals surface area contributed by atoms with E-state index in [1.165, 1.54) is 3.57 Å². The Labute approximate surface area is 71.3 Å². The van der Waals surface area contributed by atoms with Crippen LogP contribution >= 0.6 is 12.6 Å².